The molecule has 0 unspecified atom stereocenters. The predicted octanol–water partition coefficient (Wildman–Crippen LogP) is 0.492. The van der Waals surface area contributed by atoms with Crippen molar-refractivity contribution in [2.24, 2.45) is 0 Å². The Balaban J connectivity index is 1.63. The molecule has 0 aliphatic carbocycles. The minimum Gasteiger partial charge on any atom is -0.353 e. The van der Waals surface area contributed by atoms with Gasteiger partial charge in [-0.1, -0.05) is 12.1 Å². The summed E-state index contributed by atoms with van der Waals surface area (Å²) in [6.07, 6.45) is 0. The van der Waals surface area contributed by atoms with Gasteiger partial charge in [-0.3, -0.25) is 23.6 Å². The molecule has 8 nitrogen and oxygen atoms in total. The minimum atomic E-state index is -0.152. The Morgan fingerprint density at radius 1 is 1.00 bits per heavy atom. The van der Waals surface area contributed by atoms with Gasteiger partial charge < -0.3 is 10.2 Å². The number of rotatable bonds is 6. The number of aryl methyl sites for hydroxylation is 1. The molecule has 1 saturated heterocycles. The number of fused-ring (bicyclic) bond motifs is 1. The van der Waals surface area contributed by atoms with E-state index >= 15 is 0 Å². The van der Waals surface area contributed by atoms with Crippen LogP contribution in [-0.2, 0) is 22.7 Å². The van der Waals surface area contributed by atoms with E-state index in [0.29, 0.717) is 39.3 Å². The summed E-state index contributed by atoms with van der Waals surface area (Å²) in [4.78, 5) is 41.2. The third kappa shape index (κ3) is 4.27. The molecule has 1 aliphatic heterocycles. The number of imidazole rings is 1. The molecule has 0 spiro atoms. The number of nitrogens with one attached hydrogen (secondary N) is 1. The van der Waals surface area contributed by atoms with Crippen LogP contribution < -0.4 is 11.0 Å². The van der Waals surface area contributed by atoms with Crippen LogP contribution in [0.25, 0.3) is 11.0 Å². The number of hydrogen-bond acceptors (Lipinski definition) is 4. The Kier molecular flexibility index (Phi) is 6.18. The first-order chi connectivity index (χ1) is 13.4. The molecule has 152 valence electrons. The molecule has 2 heterocycles. The first-order valence-electron chi connectivity index (χ1n) is 9.88. The Morgan fingerprint density at radius 3 is 2.18 bits per heavy atom. The zero-order valence-electron chi connectivity index (χ0n) is 16.9. The highest BCUT2D eigenvalue weighted by Crippen LogP contribution is 2.13. The van der Waals surface area contributed by atoms with E-state index < -0.39 is 0 Å². The van der Waals surface area contributed by atoms with Gasteiger partial charge in [0, 0.05) is 38.8 Å². The first-order valence-corrected chi connectivity index (χ1v) is 9.88. The van der Waals surface area contributed by atoms with Crippen LogP contribution in [0.4, 0.5) is 0 Å². The number of amides is 2. The van der Waals surface area contributed by atoms with E-state index in [2.05, 4.69) is 10.2 Å². The number of para-hydroxylation sites is 2. The smallest absolute Gasteiger partial charge is 0.329 e. The largest absolute Gasteiger partial charge is 0.353 e. The molecule has 0 bridgehead atoms. The number of carbonyl (C=O) groups excluding carboxylic acids is 2. The number of benzene rings is 1. The summed E-state index contributed by atoms with van der Waals surface area (Å²) < 4.78 is 3.25. The lowest BCUT2D eigenvalue weighted by atomic mass is 10.3. The average Bonchev–Trinajstić information content (AvgIpc) is 2.93. The highest BCUT2D eigenvalue weighted by molar-refractivity contribution is 5.81. The van der Waals surface area contributed by atoms with Crippen molar-refractivity contribution in [1.82, 2.24) is 24.3 Å². The summed E-state index contributed by atoms with van der Waals surface area (Å²) in [7, 11) is 0. The summed E-state index contributed by atoms with van der Waals surface area (Å²) in [5, 5.41) is 2.89. The summed E-state index contributed by atoms with van der Waals surface area (Å²) in [6.45, 7) is 9.20. The average molecular weight is 387 g/mol. The summed E-state index contributed by atoms with van der Waals surface area (Å²) in [6, 6.07) is 7.68. The van der Waals surface area contributed by atoms with Crippen LogP contribution >= 0.6 is 0 Å². The van der Waals surface area contributed by atoms with Gasteiger partial charge in [-0.2, -0.15) is 0 Å². The van der Waals surface area contributed by atoms with Crippen LogP contribution in [0.5, 0.6) is 0 Å². The molecule has 8 heteroatoms. The molecule has 1 N–H and O–H groups in total. The fourth-order valence-corrected chi connectivity index (χ4v) is 3.69. The Bertz CT molecular complexity index is 906. The fourth-order valence-electron chi connectivity index (χ4n) is 3.69. The van der Waals surface area contributed by atoms with Crippen LogP contribution in [0.1, 0.15) is 20.8 Å². The van der Waals surface area contributed by atoms with E-state index in [0.717, 1.165) is 11.0 Å². The standard InChI is InChI=1S/C20H29N5O3/c1-4-24-16-7-5-6-8-17(16)25(20(24)28)14-19(27)23-11-9-22(10-12-23)13-18(26)21-15(2)3/h5-8,15H,4,9-14H2,1-3H3,(H,21,26). The van der Waals surface area contributed by atoms with Crippen LogP contribution in [0.15, 0.2) is 29.1 Å². The van der Waals surface area contributed by atoms with Gasteiger partial charge >= 0.3 is 5.69 Å². The second kappa shape index (κ2) is 8.60. The Hall–Kier alpha value is -2.61. The molecule has 1 aromatic carbocycles. The number of aromatic nitrogens is 2. The van der Waals surface area contributed by atoms with Gasteiger partial charge in [-0.25, -0.2) is 4.79 Å². The van der Waals surface area contributed by atoms with Gasteiger partial charge in [-0.15, -0.1) is 0 Å². The third-order valence-electron chi connectivity index (χ3n) is 5.08. The molecular weight excluding hydrogens is 358 g/mol. The molecular formula is C20H29N5O3. The minimum absolute atomic E-state index is 0.00806. The SMILES string of the molecule is CCn1c(=O)n(CC(=O)N2CCN(CC(=O)NC(C)C)CC2)c2ccccc21. The van der Waals surface area contributed by atoms with E-state index in [1.54, 1.807) is 14.0 Å². The van der Waals surface area contributed by atoms with Gasteiger partial charge in [0.2, 0.25) is 11.8 Å². The predicted molar refractivity (Wildman–Crippen MR) is 108 cm³/mol. The van der Waals surface area contributed by atoms with E-state index in [4.69, 9.17) is 0 Å². The maximum Gasteiger partial charge on any atom is 0.329 e. The van der Waals surface area contributed by atoms with Crippen LogP contribution in [0.3, 0.4) is 0 Å². The van der Waals surface area contributed by atoms with Crippen molar-refractivity contribution in [3.05, 3.63) is 34.7 Å². The van der Waals surface area contributed by atoms with Crippen molar-refractivity contribution in [3.8, 4) is 0 Å². The van der Waals surface area contributed by atoms with Crippen LogP contribution in [0, 0.1) is 0 Å². The quantitative estimate of drug-likeness (QED) is 0.783. The Labute approximate surface area is 164 Å². The topological polar surface area (TPSA) is 79.6 Å². The maximum atomic E-state index is 12.8. The lowest BCUT2D eigenvalue weighted by Crippen LogP contribution is -2.52. The highest BCUT2D eigenvalue weighted by atomic mass is 16.2. The molecule has 0 atom stereocenters. The van der Waals surface area contributed by atoms with E-state index in [9.17, 15) is 14.4 Å². The zero-order chi connectivity index (χ0) is 20.3. The maximum absolute atomic E-state index is 12.8. The molecule has 3 rings (SSSR count). The summed E-state index contributed by atoms with van der Waals surface area (Å²) >= 11 is 0. The van der Waals surface area contributed by atoms with Crippen molar-refractivity contribution in [1.29, 1.82) is 0 Å². The molecule has 2 aromatic rings. The van der Waals surface area contributed by atoms with Crippen LogP contribution in [-0.4, -0.2) is 69.5 Å². The molecule has 1 aromatic heterocycles. The van der Waals surface area contributed by atoms with Gasteiger partial charge in [0.25, 0.3) is 0 Å². The summed E-state index contributed by atoms with van der Waals surface area (Å²) in [5.41, 5.74) is 1.48. The molecule has 0 saturated carbocycles. The lowest BCUT2D eigenvalue weighted by molar-refractivity contribution is -0.133. The Morgan fingerprint density at radius 2 is 1.61 bits per heavy atom. The molecule has 28 heavy (non-hydrogen) atoms. The molecule has 1 fully saturated rings. The lowest BCUT2D eigenvalue weighted by Gasteiger charge is -2.34. The van der Waals surface area contributed by atoms with Crippen molar-refractivity contribution >= 4 is 22.8 Å². The number of piperazine rings is 1. The molecule has 0 radical (unpaired) electrons. The van der Waals surface area contributed by atoms with E-state index in [1.165, 1.54) is 0 Å². The van der Waals surface area contributed by atoms with Crippen LogP contribution in [0.2, 0.25) is 0 Å². The van der Waals surface area contributed by atoms with Crippen molar-refractivity contribution in [2.75, 3.05) is 32.7 Å². The zero-order valence-corrected chi connectivity index (χ0v) is 16.9. The third-order valence-corrected chi connectivity index (χ3v) is 5.08. The van der Waals surface area contributed by atoms with Crippen molar-refractivity contribution < 1.29 is 9.59 Å². The van der Waals surface area contributed by atoms with Gasteiger partial charge in [0.15, 0.2) is 0 Å². The van der Waals surface area contributed by atoms with Gasteiger partial charge in [-0.05, 0) is 32.9 Å². The fraction of sp³-hybridized carbons (Fsp3) is 0.550. The van der Waals surface area contributed by atoms with Crippen molar-refractivity contribution in [2.45, 2.75) is 39.9 Å². The second-order valence-electron chi connectivity index (χ2n) is 7.48. The monoisotopic (exact) mass is 387 g/mol. The second-order valence-corrected chi connectivity index (χ2v) is 7.48. The van der Waals surface area contributed by atoms with E-state index in [-0.39, 0.29) is 30.1 Å². The normalized spacial score (nSPS) is 15.4. The van der Waals surface area contributed by atoms with Crippen molar-refractivity contribution in [3.63, 3.8) is 0 Å². The number of hydrogen-bond donors (Lipinski definition) is 1. The number of nitrogens with zero attached hydrogens (tertiary/aromatic N) is 4. The van der Waals surface area contributed by atoms with Gasteiger partial charge in [0.1, 0.15) is 6.54 Å². The first kappa shape index (κ1) is 20.1. The van der Waals surface area contributed by atoms with Gasteiger partial charge in [0.05, 0.1) is 17.6 Å². The highest BCUT2D eigenvalue weighted by Gasteiger charge is 2.24. The van der Waals surface area contributed by atoms with E-state index in [1.807, 2.05) is 45.0 Å². The summed E-state index contributed by atoms with van der Waals surface area (Å²) in [5.74, 6) is -0.0545. The molecule has 2 amide bonds. The number of carbonyl (C=O) groups is 2. The molecule has 1 aliphatic rings.